The van der Waals surface area contributed by atoms with E-state index in [0.29, 0.717) is 32.4 Å². The number of nitrogens with zero attached hydrogens (tertiary/aromatic N) is 2. The van der Waals surface area contributed by atoms with Gasteiger partial charge in [0.2, 0.25) is 0 Å². The molecule has 0 N–H and O–H groups in total. The smallest absolute Gasteiger partial charge is 0.262 e. The Morgan fingerprint density at radius 3 is 2.80 bits per heavy atom. The van der Waals surface area contributed by atoms with Crippen LogP contribution in [-0.2, 0) is 7.05 Å². The zero-order valence-corrected chi connectivity index (χ0v) is 15.6. The molecule has 0 atom stereocenters. The highest BCUT2D eigenvalue weighted by molar-refractivity contribution is 7.99. The Morgan fingerprint density at radius 2 is 2.08 bits per heavy atom. The van der Waals surface area contributed by atoms with E-state index in [4.69, 9.17) is 9.47 Å². The lowest BCUT2D eigenvalue weighted by Crippen LogP contribution is -2.19. The first-order valence-corrected chi connectivity index (χ1v) is 9.24. The second-order valence-electron chi connectivity index (χ2n) is 5.18. The second-order valence-corrected chi connectivity index (χ2v) is 7.01. The number of thiophene rings is 1. The summed E-state index contributed by atoms with van der Waals surface area (Å²) in [6.07, 6.45) is 0. The molecule has 0 aliphatic heterocycles. The highest BCUT2D eigenvalue weighted by Crippen LogP contribution is 2.27. The number of ether oxygens (including phenoxy) is 2. The summed E-state index contributed by atoms with van der Waals surface area (Å²) < 4.78 is 11.9. The predicted molar refractivity (Wildman–Crippen MR) is 99.5 cm³/mol. The largest absolute Gasteiger partial charge is 0.497 e. The fourth-order valence-corrected chi connectivity index (χ4v) is 4.01. The molecule has 0 spiro atoms. The number of hydrogen-bond donors (Lipinski definition) is 0. The molecule has 8 heteroatoms. The van der Waals surface area contributed by atoms with Crippen LogP contribution < -0.4 is 15.0 Å². The van der Waals surface area contributed by atoms with Gasteiger partial charge in [0.05, 0.1) is 30.9 Å². The van der Waals surface area contributed by atoms with Crippen LogP contribution >= 0.6 is 23.1 Å². The van der Waals surface area contributed by atoms with Gasteiger partial charge in [-0.1, -0.05) is 11.8 Å². The number of carbonyl (C=O) groups excluding carboxylic acids is 1. The molecule has 0 bridgehead atoms. The average molecular weight is 376 g/mol. The van der Waals surface area contributed by atoms with Crippen molar-refractivity contribution in [2.24, 2.45) is 7.05 Å². The van der Waals surface area contributed by atoms with Crippen LogP contribution in [0.5, 0.6) is 11.5 Å². The minimum Gasteiger partial charge on any atom is -0.497 e. The Morgan fingerprint density at radius 1 is 1.28 bits per heavy atom. The molecule has 0 fully saturated rings. The van der Waals surface area contributed by atoms with Gasteiger partial charge in [0, 0.05) is 13.1 Å². The van der Waals surface area contributed by atoms with E-state index in [9.17, 15) is 9.59 Å². The fraction of sp³-hybridized carbons (Fsp3) is 0.235. The third-order valence-electron chi connectivity index (χ3n) is 3.71. The second kappa shape index (κ2) is 7.28. The van der Waals surface area contributed by atoms with Gasteiger partial charge < -0.3 is 9.47 Å². The molecule has 130 valence electrons. The number of fused-ring (bicyclic) bond motifs is 1. The molecule has 0 saturated carbocycles. The number of hydrogen-bond acceptors (Lipinski definition) is 7. The van der Waals surface area contributed by atoms with Crippen LogP contribution in [0.4, 0.5) is 0 Å². The van der Waals surface area contributed by atoms with E-state index in [1.807, 2.05) is 5.38 Å². The van der Waals surface area contributed by atoms with E-state index in [2.05, 4.69) is 4.98 Å². The van der Waals surface area contributed by atoms with Crippen molar-refractivity contribution in [3.63, 3.8) is 0 Å². The van der Waals surface area contributed by atoms with E-state index in [0.717, 1.165) is 0 Å². The zero-order chi connectivity index (χ0) is 18.0. The van der Waals surface area contributed by atoms with E-state index in [1.165, 1.54) is 34.8 Å². The molecule has 2 heterocycles. The van der Waals surface area contributed by atoms with E-state index >= 15 is 0 Å². The Labute approximate surface area is 152 Å². The van der Waals surface area contributed by atoms with E-state index < -0.39 is 0 Å². The SMILES string of the molecule is COc1ccc(C(=O)CSc2nc3sccc3c(=O)n2C)c(OC)c1. The zero-order valence-electron chi connectivity index (χ0n) is 13.9. The molecular formula is C17H16N2O4S2. The summed E-state index contributed by atoms with van der Waals surface area (Å²) >= 11 is 2.64. The minimum absolute atomic E-state index is 0.106. The Bertz CT molecular complexity index is 994. The monoisotopic (exact) mass is 376 g/mol. The first-order valence-electron chi connectivity index (χ1n) is 7.37. The lowest BCUT2D eigenvalue weighted by molar-refractivity contribution is 0.101. The number of aromatic nitrogens is 2. The van der Waals surface area contributed by atoms with Crippen molar-refractivity contribution < 1.29 is 14.3 Å². The summed E-state index contributed by atoms with van der Waals surface area (Å²) in [6, 6.07) is 6.82. The van der Waals surface area contributed by atoms with Gasteiger partial charge in [-0.2, -0.15) is 0 Å². The molecule has 25 heavy (non-hydrogen) atoms. The van der Waals surface area contributed by atoms with Crippen molar-refractivity contribution >= 4 is 39.1 Å². The number of thioether (sulfide) groups is 1. The van der Waals surface area contributed by atoms with Crippen molar-refractivity contribution in [1.82, 2.24) is 9.55 Å². The summed E-state index contributed by atoms with van der Waals surface area (Å²) in [5.74, 6) is 1.12. The number of methoxy groups -OCH3 is 2. The van der Waals surface area contributed by atoms with E-state index in [1.54, 1.807) is 38.4 Å². The van der Waals surface area contributed by atoms with Crippen LogP contribution in [0.1, 0.15) is 10.4 Å². The van der Waals surface area contributed by atoms with Crippen molar-refractivity contribution in [3.8, 4) is 11.5 Å². The lowest BCUT2D eigenvalue weighted by Gasteiger charge is -2.10. The normalized spacial score (nSPS) is 10.8. The van der Waals surface area contributed by atoms with Gasteiger partial charge in [0.25, 0.3) is 5.56 Å². The molecule has 3 aromatic rings. The van der Waals surface area contributed by atoms with Gasteiger partial charge >= 0.3 is 0 Å². The third-order valence-corrected chi connectivity index (χ3v) is 5.54. The molecule has 2 aromatic heterocycles. The lowest BCUT2D eigenvalue weighted by atomic mass is 10.1. The first-order chi connectivity index (χ1) is 12.0. The van der Waals surface area contributed by atoms with Crippen LogP contribution in [0.15, 0.2) is 39.6 Å². The highest BCUT2D eigenvalue weighted by atomic mass is 32.2. The molecule has 0 radical (unpaired) electrons. The third kappa shape index (κ3) is 3.40. The molecule has 1 aromatic carbocycles. The van der Waals surface area contributed by atoms with Crippen molar-refractivity contribution in [2.75, 3.05) is 20.0 Å². The van der Waals surface area contributed by atoms with Gasteiger partial charge in [-0.05, 0) is 23.6 Å². The van der Waals surface area contributed by atoms with Crippen LogP contribution in [0.25, 0.3) is 10.2 Å². The van der Waals surface area contributed by atoms with Crippen LogP contribution in [0.2, 0.25) is 0 Å². The number of Topliss-reactive ketones (excluding diaryl/α,β-unsaturated/α-hetero) is 1. The van der Waals surface area contributed by atoms with Gasteiger partial charge in [-0.15, -0.1) is 11.3 Å². The maximum Gasteiger partial charge on any atom is 0.262 e. The van der Waals surface area contributed by atoms with Gasteiger partial charge in [-0.3, -0.25) is 14.2 Å². The van der Waals surface area contributed by atoms with Crippen LogP contribution in [-0.4, -0.2) is 35.3 Å². The van der Waals surface area contributed by atoms with Crippen LogP contribution in [0, 0.1) is 0 Å². The van der Waals surface area contributed by atoms with Gasteiger partial charge in [-0.25, -0.2) is 4.98 Å². The summed E-state index contributed by atoms with van der Waals surface area (Å²) in [6.45, 7) is 0. The quantitative estimate of drug-likeness (QED) is 0.374. The summed E-state index contributed by atoms with van der Waals surface area (Å²) in [7, 11) is 4.72. The molecule has 0 unspecified atom stereocenters. The first kappa shape index (κ1) is 17.5. The molecule has 0 amide bonds. The maximum atomic E-state index is 12.6. The number of benzene rings is 1. The molecule has 0 aliphatic rings. The summed E-state index contributed by atoms with van der Waals surface area (Å²) in [5, 5.41) is 2.95. The molecule has 0 saturated heterocycles. The van der Waals surface area contributed by atoms with Gasteiger partial charge in [0.15, 0.2) is 10.9 Å². The standard InChI is InChI=1S/C17H16N2O4S2/c1-19-16(21)12-6-7-24-15(12)18-17(19)25-9-13(20)11-5-4-10(22-2)8-14(11)23-3/h4-8H,9H2,1-3H3. The molecule has 6 nitrogen and oxygen atoms in total. The summed E-state index contributed by atoms with van der Waals surface area (Å²) in [5.41, 5.74) is 0.362. The number of ketones is 1. The minimum atomic E-state index is -0.108. The topological polar surface area (TPSA) is 70.4 Å². The van der Waals surface area contributed by atoms with Crippen molar-refractivity contribution in [2.45, 2.75) is 5.16 Å². The molecular weight excluding hydrogens is 360 g/mol. The van der Waals surface area contributed by atoms with Crippen LogP contribution in [0.3, 0.4) is 0 Å². The van der Waals surface area contributed by atoms with E-state index in [-0.39, 0.29) is 17.1 Å². The highest BCUT2D eigenvalue weighted by Gasteiger charge is 2.16. The predicted octanol–water partition coefficient (Wildman–Crippen LogP) is 2.99. The van der Waals surface area contributed by atoms with Gasteiger partial charge in [0.1, 0.15) is 16.3 Å². The van der Waals surface area contributed by atoms with Crippen molar-refractivity contribution in [3.05, 3.63) is 45.6 Å². The number of rotatable bonds is 6. The molecule has 3 rings (SSSR count). The fourth-order valence-electron chi connectivity index (χ4n) is 2.35. The average Bonchev–Trinajstić information content (AvgIpc) is 3.11. The Hall–Kier alpha value is -2.32. The summed E-state index contributed by atoms with van der Waals surface area (Å²) in [4.78, 5) is 30.0. The van der Waals surface area contributed by atoms with Crippen molar-refractivity contribution in [1.29, 1.82) is 0 Å². The number of carbonyl (C=O) groups is 1. The maximum absolute atomic E-state index is 12.6. The Kier molecular flexibility index (Phi) is 5.10. The molecule has 0 aliphatic carbocycles. The Balaban J connectivity index is 1.83.